The lowest BCUT2D eigenvalue weighted by Gasteiger charge is -2.28. The van der Waals surface area contributed by atoms with Gasteiger partial charge in [-0.25, -0.2) is 0 Å². The zero-order valence-electron chi connectivity index (χ0n) is 11.0. The molecule has 5 heteroatoms. The van der Waals surface area contributed by atoms with Crippen molar-refractivity contribution in [3.05, 3.63) is 46.6 Å². The normalized spacial score (nSPS) is 20.5. The summed E-state index contributed by atoms with van der Waals surface area (Å²) in [5.41, 5.74) is 2.79. The average molecular weight is 278 g/mol. The summed E-state index contributed by atoms with van der Waals surface area (Å²) in [7, 11) is 0. The molecule has 0 fully saturated rings. The Bertz CT molecular complexity index is 580. The molecule has 0 saturated heterocycles. The van der Waals surface area contributed by atoms with Crippen LogP contribution in [-0.4, -0.2) is 10.1 Å². The van der Waals surface area contributed by atoms with Gasteiger partial charge in [-0.1, -0.05) is 36.7 Å². The smallest absolute Gasteiger partial charge is 0.213 e. The minimum Gasteiger partial charge on any atom is -0.343 e. The number of aromatic nitrogens is 2. The maximum absolute atomic E-state index is 6.11. The molecule has 0 bridgehead atoms. The lowest BCUT2D eigenvalue weighted by atomic mass is 9.85. The van der Waals surface area contributed by atoms with Gasteiger partial charge in [0.15, 0.2) is 5.82 Å². The first kappa shape index (κ1) is 12.6. The number of hydrogen-bond donors (Lipinski definition) is 1. The van der Waals surface area contributed by atoms with Gasteiger partial charge in [-0.05, 0) is 35.1 Å². The van der Waals surface area contributed by atoms with Crippen LogP contribution in [0, 0.1) is 5.41 Å². The van der Waals surface area contributed by atoms with E-state index in [0.717, 1.165) is 11.4 Å². The number of hydrogen-bond acceptors (Lipinski definition) is 4. The molecule has 0 aliphatic heterocycles. The molecule has 0 radical (unpaired) electrons. The number of nitrogens with zero attached hydrogens (tertiary/aromatic N) is 2. The van der Waals surface area contributed by atoms with Crippen molar-refractivity contribution in [1.29, 1.82) is 0 Å². The van der Waals surface area contributed by atoms with E-state index in [2.05, 4.69) is 41.4 Å². The van der Waals surface area contributed by atoms with Gasteiger partial charge in [-0.15, -0.1) is 0 Å². The summed E-state index contributed by atoms with van der Waals surface area (Å²) in [6, 6.07) is 6.38. The summed E-state index contributed by atoms with van der Waals surface area (Å²) in [5, 5.41) is 8.12. The van der Waals surface area contributed by atoms with E-state index in [1.807, 2.05) is 6.07 Å². The summed E-state index contributed by atoms with van der Waals surface area (Å²) in [5.74, 6) is 0.672. The number of fused-ring (bicyclic) bond motifs is 1. The summed E-state index contributed by atoms with van der Waals surface area (Å²) < 4.78 is 4.75. The van der Waals surface area contributed by atoms with Crippen LogP contribution in [0.3, 0.4) is 0 Å². The lowest BCUT2D eigenvalue weighted by molar-refractivity contribution is 0.265. The van der Waals surface area contributed by atoms with Crippen LogP contribution in [0.15, 0.2) is 29.1 Å². The van der Waals surface area contributed by atoms with E-state index in [4.69, 9.17) is 16.1 Å². The van der Waals surface area contributed by atoms with Gasteiger partial charge in [0.25, 0.3) is 0 Å². The predicted octanol–water partition coefficient (Wildman–Crippen LogP) is 3.14. The largest absolute Gasteiger partial charge is 0.343 e. The van der Waals surface area contributed by atoms with Gasteiger partial charge in [0.1, 0.15) is 0 Å². The minimum atomic E-state index is 0.150. The molecule has 1 N–H and O–H groups in total. The first-order chi connectivity index (χ1) is 9.06. The Morgan fingerprint density at radius 2 is 2.32 bits per heavy atom. The quantitative estimate of drug-likeness (QED) is 0.936. The van der Waals surface area contributed by atoms with Gasteiger partial charge in [0, 0.05) is 11.1 Å². The topological polar surface area (TPSA) is 51.0 Å². The van der Waals surface area contributed by atoms with Crippen LogP contribution < -0.4 is 5.32 Å². The summed E-state index contributed by atoms with van der Waals surface area (Å²) in [6.07, 6.45) is 2.39. The van der Waals surface area contributed by atoms with E-state index in [-0.39, 0.29) is 11.5 Å². The average Bonchev–Trinajstić information content (AvgIpc) is 2.92. The summed E-state index contributed by atoms with van der Waals surface area (Å²) >= 11 is 6.11. The van der Waals surface area contributed by atoms with Crippen LogP contribution in [0.1, 0.15) is 36.8 Å². The van der Waals surface area contributed by atoms with Gasteiger partial charge in [-0.2, -0.15) is 4.98 Å². The van der Waals surface area contributed by atoms with Crippen LogP contribution in [0.2, 0.25) is 5.02 Å². The maximum atomic E-state index is 6.11. The molecule has 1 aromatic heterocycles. The fourth-order valence-electron chi connectivity index (χ4n) is 2.86. The highest BCUT2D eigenvalue weighted by Crippen LogP contribution is 2.45. The van der Waals surface area contributed by atoms with Crippen LogP contribution >= 0.6 is 11.6 Å². The molecule has 1 unspecified atom stereocenters. The second kappa shape index (κ2) is 4.62. The zero-order chi connectivity index (χ0) is 13.5. The molecule has 0 amide bonds. The third-order valence-corrected chi connectivity index (χ3v) is 3.95. The molecule has 1 aliphatic rings. The molecule has 1 aromatic carbocycles. The van der Waals surface area contributed by atoms with Gasteiger partial charge >= 0.3 is 0 Å². The number of nitrogens with one attached hydrogen (secondary N) is 1. The van der Waals surface area contributed by atoms with E-state index >= 15 is 0 Å². The van der Waals surface area contributed by atoms with Gasteiger partial charge in [0.2, 0.25) is 6.39 Å². The highest BCUT2D eigenvalue weighted by molar-refractivity contribution is 6.30. The molecule has 1 aliphatic carbocycles. The van der Waals surface area contributed by atoms with Crippen molar-refractivity contribution in [1.82, 2.24) is 15.5 Å². The van der Waals surface area contributed by atoms with E-state index in [0.29, 0.717) is 12.4 Å². The van der Waals surface area contributed by atoms with E-state index in [9.17, 15) is 0 Å². The van der Waals surface area contributed by atoms with Gasteiger partial charge < -0.3 is 9.84 Å². The monoisotopic (exact) mass is 277 g/mol. The third kappa shape index (κ3) is 2.38. The Labute approximate surface area is 117 Å². The Morgan fingerprint density at radius 1 is 1.47 bits per heavy atom. The van der Waals surface area contributed by atoms with Gasteiger partial charge in [-0.3, -0.25) is 0 Å². The van der Waals surface area contributed by atoms with Crippen molar-refractivity contribution >= 4 is 11.6 Å². The highest BCUT2D eigenvalue weighted by Gasteiger charge is 2.38. The van der Waals surface area contributed by atoms with Crippen molar-refractivity contribution in [3.63, 3.8) is 0 Å². The molecule has 4 nitrogen and oxygen atoms in total. The van der Waals surface area contributed by atoms with Crippen LogP contribution in [0.25, 0.3) is 0 Å². The second-order valence-corrected chi connectivity index (χ2v) is 6.11. The first-order valence-electron chi connectivity index (χ1n) is 6.33. The van der Waals surface area contributed by atoms with Gasteiger partial charge in [0.05, 0.1) is 6.54 Å². The molecule has 1 atom stereocenters. The van der Waals surface area contributed by atoms with Crippen LogP contribution in [0.5, 0.6) is 0 Å². The third-order valence-electron chi connectivity index (χ3n) is 3.72. The molecule has 0 spiro atoms. The van der Waals surface area contributed by atoms with E-state index in [1.54, 1.807) is 0 Å². The fraction of sp³-hybridized carbons (Fsp3) is 0.429. The molecular formula is C14H16ClN3O. The number of rotatable bonds is 3. The minimum absolute atomic E-state index is 0.150. The Morgan fingerprint density at radius 3 is 3.05 bits per heavy atom. The molecule has 100 valence electrons. The Kier molecular flexibility index (Phi) is 3.07. The predicted molar refractivity (Wildman–Crippen MR) is 72.8 cm³/mol. The van der Waals surface area contributed by atoms with E-state index in [1.165, 1.54) is 17.5 Å². The summed E-state index contributed by atoms with van der Waals surface area (Å²) in [6.45, 7) is 5.11. The molecule has 3 rings (SSSR count). The van der Waals surface area contributed by atoms with Crippen molar-refractivity contribution in [2.75, 3.05) is 0 Å². The van der Waals surface area contributed by atoms with Crippen molar-refractivity contribution in [2.24, 2.45) is 5.41 Å². The maximum Gasteiger partial charge on any atom is 0.213 e. The van der Waals surface area contributed by atoms with Crippen molar-refractivity contribution in [3.8, 4) is 0 Å². The van der Waals surface area contributed by atoms with Crippen LogP contribution in [-0.2, 0) is 13.0 Å². The number of benzene rings is 1. The summed E-state index contributed by atoms with van der Waals surface area (Å²) in [4.78, 5) is 4.03. The first-order valence-corrected chi connectivity index (χ1v) is 6.71. The van der Waals surface area contributed by atoms with Crippen molar-refractivity contribution in [2.45, 2.75) is 32.9 Å². The Hall–Kier alpha value is -1.39. The molecule has 19 heavy (non-hydrogen) atoms. The standard InChI is InChI=1S/C14H16ClN3O/c1-14(2)6-9-3-4-10(15)5-11(9)13(14)16-7-12-17-8-19-18-12/h3-5,8,13,16H,6-7H2,1-2H3. The van der Waals surface area contributed by atoms with E-state index < -0.39 is 0 Å². The number of halogens is 1. The molecular weight excluding hydrogens is 262 g/mol. The molecule has 2 aromatic rings. The van der Waals surface area contributed by atoms with Crippen LogP contribution in [0.4, 0.5) is 0 Å². The SMILES string of the molecule is CC1(C)Cc2ccc(Cl)cc2C1NCc1ncon1. The van der Waals surface area contributed by atoms with Crippen molar-refractivity contribution < 1.29 is 4.52 Å². The molecule has 0 saturated carbocycles. The highest BCUT2D eigenvalue weighted by atomic mass is 35.5. The lowest BCUT2D eigenvalue weighted by Crippen LogP contribution is -2.31. The Balaban J connectivity index is 1.85. The molecule has 1 heterocycles. The fourth-order valence-corrected chi connectivity index (χ4v) is 3.04. The zero-order valence-corrected chi connectivity index (χ0v) is 11.7. The second-order valence-electron chi connectivity index (χ2n) is 5.67.